The smallest absolute Gasteiger partial charge is 0.191 e. The summed E-state index contributed by atoms with van der Waals surface area (Å²) in [5, 5.41) is 7.49. The summed E-state index contributed by atoms with van der Waals surface area (Å²) in [6.07, 6.45) is 3.82. The topological polar surface area (TPSA) is 52.6 Å². The van der Waals surface area contributed by atoms with Crippen molar-refractivity contribution in [2.75, 3.05) is 20.1 Å². The average Bonchev–Trinajstić information content (AvgIpc) is 3.02. The highest BCUT2D eigenvalue weighted by atomic mass is 127. The molecule has 0 saturated carbocycles. The number of aromatic nitrogens is 1. The molecule has 2 N–H and O–H groups in total. The van der Waals surface area contributed by atoms with Crippen LogP contribution < -0.4 is 10.6 Å². The van der Waals surface area contributed by atoms with Crippen molar-refractivity contribution in [3.8, 4) is 0 Å². The quantitative estimate of drug-likeness (QED) is 0.268. The third-order valence-corrected chi connectivity index (χ3v) is 5.22. The van der Waals surface area contributed by atoms with Crippen molar-refractivity contribution >= 4 is 41.5 Å². The Bertz CT molecular complexity index is 738. The molecule has 1 aliphatic heterocycles. The number of nitrogens with zero attached hydrogens (tertiary/aromatic N) is 3. The van der Waals surface area contributed by atoms with Gasteiger partial charge in [0.2, 0.25) is 0 Å². The van der Waals surface area contributed by atoms with E-state index in [2.05, 4.69) is 62.8 Å². The fourth-order valence-electron chi connectivity index (χ4n) is 3.51. The van der Waals surface area contributed by atoms with E-state index in [9.17, 15) is 0 Å². The summed E-state index contributed by atoms with van der Waals surface area (Å²) in [4.78, 5) is 11.0. The molecule has 1 fully saturated rings. The van der Waals surface area contributed by atoms with Gasteiger partial charge in [0.25, 0.3) is 0 Å². The van der Waals surface area contributed by atoms with E-state index in [1.807, 2.05) is 25.4 Å². The van der Waals surface area contributed by atoms with E-state index in [-0.39, 0.29) is 24.0 Å². The number of hydrogen-bond acceptors (Lipinski definition) is 3. The molecule has 2 unspecified atom stereocenters. The first-order valence-electron chi connectivity index (χ1n) is 9.49. The Morgan fingerprint density at radius 2 is 2.00 bits per heavy atom. The highest BCUT2D eigenvalue weighted by Crippen LogP contribution is 2.20. The lowest BCUT2D eigenvalue weighted by Gasteiger charge is -2.21. The number of guanidine groups is 1. The molecule has 2 heterocycles. The van der Waals surface area contributed by atoms with Gasteiger partial charge in [-0.3, -0.25) is 9.89 Å². The van der Waals surface area contributed by atoms with Crippen molar-refractivity contribution in [1.82, 2.24) is 20.5 Å². The van der Waals surface area contributed by atoms with E-state index in [1.165, 1.54) is 5.56 Å². The lowest BCUT2D eigenvalue weighted by molar-refractivity contribution is 0.258. The second-order valence-corrected chi connectivity index (χ2v) is 7.47. The number of likely N-dealkylation sites (tertiary alicyclic amines) is 1. The van der Waals surface area contributed by atoms with E-state index in [4.69, 9.17) is 11.6 Å². The molecule has 28 heavy (non-hydrogen) atoms. The number of aliphatic imine (C=N–C) groups is 1. The van der Waals surface area contributed by atoms with Gasteiger partial charge in [-0.1, -0.05) is 48.0 Å². The zero-order chi connectivity index (χ0) is 19.1. The van der Waals surface area contributed by atoms with Crippen LogP contribution in [-0.2, 0) is 13.0 Å². The molecule has 5 nitrogen and oxygen atoms in total. The zero-order valence-electron chi connectivity index (χ0n) is 16.4. The van der Waals surface area contributed by atoms with Crippen LogP contribution in [0.4, 0.5) is 0 Å². The third-order valence-electron chi connectivity index (χ3n) is 4.99. The van der Waals surface area contributed by atoms with Crippen LogP contribution >= 0.6 is 35.6 Å². The lowest BCUT2D eigenvalue weighted by atomic mass is 10.2. The molecule has 1 saturated heterocycles. The van der Waals surface area contributed by atoms with Crippen LogP contribution in [0.2, 0.25) is 5.15 Å². The molecule has 1 aliphatic rings. The number of pyridine rings is 1. The Morgan fingerprint density at radius 3 is 2.68 bits per heavy atom. The van der Waals surface area contributed by atoms with Crippen LogP contribution in [0.5, 0.6) is 0 Å². The van der Waals surface area contributed by atoms with Gasteiger partial charge in [0.15, 0.2) is 5.96 Å². The molecular formula is C21H29ClIN5. The molecule has 1 aromatic carbocycles. The van der Waals surface area contributed by atoms with Gasteiger partial charge in [0.1, 0.15) is 5.15 Å². The largest absolute Gasteiger partial charge is 0.356 e. The molecule has 7 heteroatoms. The molecule has 152 valence electrons. The molecule has 0 bridgehead atoms. The van der Waals surface area contributed by atoms with Crippen LogP contribution in [0.3, 0.4) is 0 Å². The maximum absolute atomic E-state index is 5.83. The van der Waals surface area contributed by atoms with E-state index >= 15 is 0 Å². The number of hydrogen-bond donors (Lipinski definition) is 2. The Labute approximate surface area is 190 Å². The van der Waals surface area contributed by atoms with Gasteiger partial charge in [-0.05, 0) is 37.0 Å². The second kappa shape index (κ2) is 11.6. The van der Waals surface area contributed by atoms with Gasteiger partial charge in [-0.2, -0.15) is 0 Å². The summed E-state index contributed by atoms with van der Waals surface area (Å²) in [7, 11) is 1.82. The number of rotatable bonds is 6. The molecule has 0 spiro atoms. The standard InChI is InChI=1S/C21H28ClN5.HI/c1-16-12-19(15-27(16)14-18-6-4-3-5-7-18)26-21(23-2)24-11-10-17-8-9-20(22)25-13-17;/h3-9,13,16,19H,10-12,14-15H2,1-2H3,(H2,23,24,26);1H. The summed E-state index contributed by atoms with van der Waals surface area (Å²) in [6.45, 7) is 5.13. The fraction of sp³-hybridized carbons (Fsp3) is 0.429. The van der Waals surface area contributed by atoms with Gasteiger partial charge < -0.3 is 10.6 Å². The first-order valence-corrected chi connectivity index (χ1v) is 9.87. The van der Waals surface area contributed by atoms with Gasteiger partial charge in [-0.15, -0.1) is 24.0 Å². The van der Waals surface area contributed by atoms with Crippen molar-refractivity contribution in [3.05, 3.63) is 64.9 Å². The molecule has 0 amide bonds. The number of halogens is 2. The molecule has 2 aromatic rings. The van der Waals surface area contributed by atoms with Crippen molar-refractivity contribution in [2.24, 2.45) is 4.99 Å². The lowest BCUT2D eigenvalue weighted by Crippen LogP contribution is -2.45. The highest BCUT2D eigenvalue weighted by Gasteiger charge is 2.29. The summed E-state index contributed by atoms with van der Waals surface area (Å²) >= 11 is 5.83. The van der Waals surface area contributed by atoms with Crippen molar-refractivity contribution in [3.63, 3.8) is 0 Å². The molecule has 3 rings (SSSR count). The zero-order valence-corrected chi connectivity index (χ0v) is 19.5. The predicted molar refractivity (Wildman–Crippen MR) is 128 cm³/mol. The first-order chi connectivity index (χ1) is 13.1. The highest BCUT2D eigenvalue weighted by molar-refractivity contribution is 14.0. The Morgan fingerprint density at radius 1 is 1.21 bits per heavy atom. The second-order valence-electron chi connectivity index (χ2n) is 7.08. The number of nitrogens with one attached hydrogen (secondary N) is 2. The maximum atomic E-state index is 5.83. The normalized spacial score (nSPS) is 19.9. The van der Waals surface area contributed by atoms with Crippen LogP contribution in [0.15, 0.2) is 53.7 Å². The molecular weight excluding hydrogens is 485 g/mol. The summed E-state index contributed by atoms with van der Waals surface area (Å²) in [5.74, 6) is 0.857. The minimum atomic E-state index is 0. The average molecular weight is 514 g/mol. The van der Waals surface area contributed by atoms with Crippen molar-refractivity contribution in [2.45, 2.75) is 38.4 Å². The minimum Gasteiger partial charge on any atom is -0.356 e. The van der Waals surface area contributed by atoms with E-state index in [0.29, 0.717) is 17.2 Å². The van der Waals surface area contributed by atoms with E-state index < -0.39 is 0 Å². The molecule has 0 aliphatic carbocycles. The first kappa shape index (κ1) is 22.9. The minimum absolute atomic E-state index is 0. The monoisotopic (exact) mass is 513 g/mol. The molecule has 0 radical (unpaired) electrons. The Kier molecular flexibility index (Phi) is 9.47. The van der Waals surface area contributed by atoms with Crippen LogP contribution in [0.1, 0.15) is 24.5 Å². The van der Waals surface area contributed by atoms with Gasteiger partial charge >= 0.3 is 0 Å². The van der Waals surface area contributed by atoms with Crippen molar-refractivity contribution < 1.29 is 0 Å². The van der Waals surface area contributed by atoms with Crippen LogP contribution in [0, 0.1) is 0 Å². The third kappa shape index (κ3) is 6.90. The van der Waals surface area contributed by atoms with Gasteiger partial charge in [-0.25, -0.2) is 4.98 Å². The van der Waals surface area contributed by atoms with Gasteiger partial charge in [0, 0.05) is 45.0 Å². The Hall–Kier alpha value is -1.38. The summed E-state index contributed by atoms with van der Waals surface area (Å²) in [6, 6.07) is 15.5. The molecule has 2 atom stereocenters. The summed E-state index contributed by atoms with van der Waals surface area (Å²) < 4.78 is 0. The van der Waals surface area contributed by atoms with E-state index in [0.717, 1.165) is 44.0 Å². The molecule has 1 aromatic heterocycles. The van der Waals surface area contributed by atoms with Crippen LogP contribution in [-0.4, -0.2) is 48.1 Å². The fourth-order valence-corrected chi connectivity index (χ4v) is 3.62. The maximum Gasteiger partial charge on any atom is 0.191 e. The van der Waals surface area contributed by atoms with Gasteiger partial charge in [0.05, 0.1) is 0 Å². The van der Waals surface area contributed by atoms with Crippen molar-refractivity contribution in [1.29, 1.82) is 0 Å². The van der Waals surface area contributed by atoms with E-state index in [1.54, 1.807) is 0 Å². The SMILES string of the molecule is CN=C(NCCc1ccc(Cl)nc1)NC1CC(C)N(Cc2ccccc2)C1.I. The summed E-state index contributed by atoms with van der Waals surface area (Å²) in [5.41, 5.74) is 2.52. The predicted octanol–water partition coefficient (Wildman–Crippen LogP) is 3.72. The number of benzene rings is 1. The van der Waals surface area contributed by atoms with Crippen LogP contribution in [0.25, 0.3) is 0 Å². The Balaban J connectivity index is 0.00000280.